The third-order valence-corrected chi connectivity index (χ3v) is 2.82. The Balaban J connectivity index is 2.01. The van der Waals surface area contributed by atoms with Crippen molar-refractivity contribution in [2.24, 2.45) is 11.7 Å². The van der Waals surface area contributed by atoms with Gasteiger partial charge in [0.15, 0.2) is 5.78 Å². The molecule has 1 saturated carbocycles. The van der Waals surface area contributed by atoms with Crippen LogP contribution in [0.15, 0.2) is 0 Å². The number of hydrogen-bond donors (Lipinski definition) is 1. The Labute approximate surface area is 72.3 Å². The van der Waals surface area contributed by atoms with Crippen LogP contribution in [-0.2, 0) is 9.53 Å². The number of hydrogen-bond acceptors (Lipinski definition) is 3. The van der Waals surface area contributed by atoms with Crippen molar-refractivity contribution in [2.45, 2.75) is 31.2 Å². The van der Waals surface area contributed by atoms with E-state index in [9.17, 15) is 4.79 Å². The molecular weight excluding hydrogens is 154 g/mol. The molecule has 2 fully saturated rings. The molecule has 3 nitrogen and oxygen atoms in total. The quantitative estimate of drug-likeness (QED) is 0.654. The highest BCUT2D eigenvalue weighted by molar-refractivity contribution is 5.92. The molecule has 3 heteroatoms. The molecular formula is C9H15NO2. The lowest BCUT2D eigenvalue weighted by Gasteiger charge is -2.31. The minimum absolute atomic E-state index is 0.283. The summed E-state index contributed by atoms with van der Waals surface area (Å²) in [6.45, 7) is 1.30. The zero-order chi connectivity index (χ0) is 8.60. The molecule has 0 spiro atoms. The van der Waals surface area contributed by atoms with Gasteiger partial charge >= 0.3 is 0 Å². The average Bonchev–Trinajstić information content (AvgIpc) is 2.87. The number of ketones is 1. The van der Waals surface area contributed by atoms with Crippen LogP contribution in [0, 0.1) is 5.92 Å². The molecule has 0 atom stereocenters. The predicted molar refractivity (Wildman–Crippen MR) is 44.7 cm³/mol. The van der Waals surface area contributed by atoms with Crippen LogP contribution in [0.3, 0.4) is 0 Å². The molecule has 0 aromatic rings. The second-order valence-electron chi connectivity index (χ2n) is 3.91. The lowest BCUT2D eigenvalue weighted by Crippen LogP contribution is -2.52. The summed E-state index contributed by atoms with van der Waals surface area (Å²) in [6, 6.07) is 0. The van der Waals surface area contributed by atoms with Gasteiger partial charge in [0.05, 0.1) is 5.54 Å². The van der Waals surface area contributed by atoms with E-state index in [2.05, 4.69) is 0 Å². The van der Waals surface area contributed by atoms with Crippen LogP contribution in [-0.4, -0.2) is 24.5 Å². The minimum atomic E-state index is -0.542. The fourth-order valence-electron chi connectivity index (χ4n) is 1.73. The Bertz CT molecular complexity index is 193. The van der Waals surface area contributed by atoms with Gasteiger partial charge in [0, 0.05) is 19.1 Å². The molecule has 0 unspecified atom stereocenters. The predicted octanol–water partition coefficient (Wildman–Crippen LogP) is 0.473. The largest absolute Gasteiger partial charge is 0.381 e. The van der Waals surface area contributed by atoms with Gasteiger partial charge in [0.25, 0.3) is 0 Å². The van der Waals surface area contributed by atoms with Gasteiger partial charge in [0.2, 0.25) is 0 Å². The smallest absolute Gasteiger partial charge is 0.155 e. The third kappa shape index (κ3) is 1.39. The van der Waals surface area contributed by atoms with Crippen LogP contribution >= 0.6 is 0 Å². The summed E-state index contributed by atoms with van der Waals surface area (Å²) in [5.41, 5.74) is 5.47. The van der Waals surface area contributed by atoms with E-state index in [4.69, 9.17) is 10.5 Å². The number of nitrogens with two attached hydrogens (primary N) is 1. The highest BCUT2D eigenvalue weighted by Gasteiger charge is 2.43. The lowest BCUT2D eigenvalue weighted by atomic mass is 9.84. The summed E-state index contributed by atoms with van der Waals surface area (Å²) in [6.07, 6.45) is 3.53. The van der Waals surface area contributed by atoms with E-state index < -0.39 is 5.54 Å². The SMILES string of the molecule is NC1(C(=O)C2CC2)CCOCC1. The van der Waals surface area contributed by atoms with Gasteiger partial charge in [-0.25, -0.2) is 0 Å². The molecule has 0 aromatic heterocycles. The van der Waals surface area contributed by atoms with Crippen molar-refractivity contribution in [1.29, 1.82) is 0 Å². The first-order chi connectivity index (χ1) is 5.72. The fourth-order valence-corrected chi connectivity index (χ4v) is 1.73. The van der Waals surface area contributed by atoms with Crippen molar-refractivity contribution in [3.05, 3.63) is 0 Å². The first-order valence-electron chi connectivity index (χ1n) is 4.63. The van der Waals surface area contributed by atoms with E-state index in [1.165, 1.54) is 0 Å². The van der Waals surface area contributed by atoms with E-state index in [1.807, 2.05) is 0 Å². The molecule has 1 saturated heterocycles. The van der Waals surface area contributed by atoms with Crippen LogP contribution in [0.1, 0.15) is 25.7 Å². The summed E-state index contributed by atoms with van der Waals surface area (Å²) >= 11 is 0. The van der Waals surface area contributed by atoms with Crippen molar-refractivity contribution >= 4 is 5.78 Å². The van der Waals surface area contributed by atoms with Gasteiger partial charge in [-0.15, -0.1) is 0 Å². The number of Topliss-reactive ketones (excluding diaryl/α,β-unsaturated/α-hetero) is 1. The maximum Gasteiger partial charge on any atom is 0.155 e. The molecule has 0 bridgehead atoms. The van der Waals surface area contributed by atoms with E-state index >= 15 is 0 Å². The van der Waals surface area contributed by atoms with E-state index in [-0.39, 0.29) is 11.7 Å². The van der Waals surface area contributed by atoms with Gasteiger partial charge in [-0.05, 0) is 25.7 Å². The number of carbonyl (C=O) groups excluding carboxylic acids is 1. The molecule has 0 amide bonds. The molecule has 2 aliphatic rings. The molecule has 0 radical (unpaired) electrons. The Morgan fingerprint density at radius 2 is 1.92 bits per heavy atom. The van der Waals surface area contributed by atoms with E-state index in [1.54, 1.807) is 0 Å². The van der Waals surface area contributed by atoms with Gasteiger partial charge in [0.1, 0.15) is 0 Å². The van der Waals surface area contributed by atoms with E-state index in [0.717, 1.165) is 12.8 Å². The summed E-state index contributed by atoms with van der Waals surface area (Å²) in [7, 11) is 0. The third-order valence-electron chi connectivity index (χ3n) is 2.82. The highest BCUT2D eigenvalue weighted by Crippen LogP contribution is 2.35. The van der Waals surface area contributed by atoms with Gasteiger partial charge in [-0.2, -0.15) is 0 Å². The maximum atomic E-state index is 11.7. The Morgan fingerprint density at radius 1 is 1.33 bits per heavy atom. The molecule has 12 heavy (non-hydrogen) atoms. The van der Waals surface area contributed by atoms with Crippen LogP contribution in [0.2, 0.25) is 0 Å². The van der Waals surface area contributed by atoms with Crippen LogP contribution in [0.25, 0.3) is 0 Å². The van der Waals surface area contributed by atoms with Gasteiger partial charge < -0.3 is 10.5 Å². The Kier molecular flexibility index (Phi) is 1.93. The number of carbonyl (C=O) groups is 1. The molecule has 2 rings (SSSR count). The molecule has 0 aromatic carbocycles. The van der Waals surface area contributed by atoms with Crippen molar-refractivity contribution < 1.29 is 9.53 Å². The zero-order valence-electron chi connectivity index (χ0n) is 7.21. The summed E-state index contributed by atoms with van der Waals surface area (Å²) in [5, 5.41) is 0. The van der Waals surface area contributed by atoms with Gasteiger partial charge in [-0.1, -0.05) is 0 Å². The Morgan fingerprint density at radius 3 is 2.42 bits per heavy atom. The van der Waals surface area contributed by atoms with Crippen molar-refractivity contribution in [3.63, 3.8) is 0 Å². The molecule has 1 aliphatic carbocycles. The van der Waals surface area contributed by atoms with Crippen molar-refractivity contribution in [1.82, 2.24) is 0 Å². The summed E-state index contributed by atoms with van der Waals surface area (Å²) < 4.78 is 5.18. The monoisotopic (exact) mass is 169 g/mol. The Hall–Kier alpha value is -0.410. The average molecular weight is 169 g/mol. The summed E-state index contributed by atoms with van der Waals surface area (Å²) in [5.74, 6) is 0.568. The van der Waals surface area contributed by atoms with E-state index in [0.29, 0.717) is 26.1 Å². The molecule has 1 heterocycles. The van der Waals surface area contributed by atoms with Crippen molar-refractivity contribution in [3.8, 4) is 0 Å². The molecule has 2 N–H and O–H groups in total. The van der Waals surface area contributed by atoms with Crippen molar-refractivity contribution in [2.75, 3.05) is 13.2 Å². The number of ether oxygens (including phenoxy) is 1. The van der Waals surface area contributed by atoms with Crippen LogP contribution in [0.4, 0.5) is 0 Å². The first kappa shape index (κ1) is 8.20. The second kappa shape index (κ2) is 2.82. The maximum absolute atomic E-state index is 11.7. The van der Waals surface area contributed by atoms with Crippen LogP contribution in [0.5, 0.6) is 0 Å². The number of rotatable bonds is 2. The highest BCUT2D eigenvalue weighted by atomic mass is 16.5. The second-order valence-corrected chi connectivity index (χ2v) is 3.91. The van der Waals surface area contributed by atoms with Gasteiger partial charge in [-0.3, -0.25) is 4.79 Å². The normalized spacial score (nSPS) is 28.4. The molecule has 68 valence electrons. The summed E-state index contributed by atoms with van der Waals surface area (Å²) in [4.78, 5) is 11.7. The minimum Gasteiger partial charge on any atom is -0.381 e. The molecule has 1 aliphatic heterocycles. The topological polar surface area (TPSA) is 52.3 Å². The van der Waals surface area contributed by atoms with Crippen LogP contribution < -0.4 is 5.73 Å². The first-order valence-corrected chi connectivity index (χ1v) is 4.63. The zero-order valence-corrected chi connectivity index (χ0v) is 7.21. The lowest BCUT2D eigenvalue weighted by molar-refractivity contribution is -0.128. The standard InChI is InChI=1S/C9H15NO2/c10-9(3-5-12-6-4-9)8(11)7-1-2-7/h7H,1-6,10H2. The fraction of sp³-hybridized carbons (Fsp3) is 0.889.